The molecular weight excluding hydrogens is 288 g/mol. The highest BCUT2D eigenvalue weighted by atomic mass is 16.5. The number of phenolic OH excluding ortho intramolecular Hbond substituents is 2. The fourth-order valence-electron chi connectivity index (χ4n) is 2.81. The van der Waals surface area contributed by atoms with E-state index in [0.29, 0.717) is 12.4 Å². The van der Waals surface area contributed by atoms with Crippen molar-refractivity contribution in [2.45, 2.75) is 85.0 Å². The van der Waals surface area contributed by atoms with Gasteiger partial charge in [-0.15, -0.1) is 0 Å². The second-order valence-corrected chi connectivity index (χ2v) is 6.33. The summed E-state index contributed by atoms with van der Waals surface area (Å²) in [7, 11) is 0. The van der Waals surface area contributed by atoms with Gasteiger partial charge < -0.3 is 14.9 Å². The van der Waals surface area contributed by atoms with Gasteiger partial charge >= 0.3 is 0 Å². The number of ether oxygens (including phenoxy) is 1. The number of hydrogen-bond donors (Lipinski definition) is 2. The number of rotatable bonds is 12. The zero-order chi connectivity index (χ0) is 17.1. The summed E-state index contributed by atoms with van der Waals surface area (Å²) in [6.45, 7) is 7.08. The molecule has 1 rings (SSSR count). The molecule has 0 unspecified atom stereocenters. The first kappa shape index (κ1) is 19.7. The number of aryl methyl sites for hydroxylation is 1. The molecule has 0 fully saturated rings. The monoisotopic (exact) mass is 322 g/mol. The molecule has 1 aromatic rings. The molecule has 0 heterocycles. The summed E-state index contributed by atoms with van der Waals surface area (Å²) in [6, 6.07) is 1.74. The Morgan fingerprint density at radius 1 is 0.826 bits per heavy atom. The van der Waals surface area contributed by atoms with Crippen LogP contribution in [0.5, 0.6) is 17.2 Å². The van der Waals surface area contributed by atoms with E-state index in [1.807, 2.05) is 0 Å². The number of benzene rings is 1. The molecule has 3 heteroatoms. The van der Waals surface area contributed by atoms with Crippen LogP contribution in [-0.4, -0.2) is 16.8 Å². The second kappa shape index (κ2) is 11.2. The zero-order valence-electron chi connectivity index (χ0n) is 15.2. The van der Waals surface area contributed by atoms with E-state index in [0.717, 1.165) is 49.7 Å². The molecule has 0 saturated carbocycles. The molecule has 0 aromatic heterocycles. The zero-order valence-corrected chi connectivity index (χ0v) is 15.2. The average molecular weight is 322 g/mol. The van der Waals surface area contributed by atoms with E-state index in [9.17, 15) is 10.2 Å². The lowest BCUT2D eigenvalue weighted by Gasteiger charge is -2.18. The summed E-state index contributed by atoms with van der Waals surface area (Å²) >= 11 is 0. The van der Waals surface area contributed by atoms with Gasteiger partial charge in [0.15, 0.2) is 11.5 Å². The van der Waals surface area contributed by atoms with Gasteiger partial charge in [-0.25, -0.2) is 0 Å². The van der Waals surface area contributed by atoms with Gasteiger partial charge in [0.05, 0.1) is 6.61 Å². The highest BCUT2D eigenvalue weighted by Crippen LogP contribution is 2.42. The predicted molar refractivity (Wildman–Crippen MR) is 96.6 cm³/mol. The van der Waals surface area contributed by atoms with Crippen LogP contribution in [0.15, 0.2) is 6.07 Å². The predicted octanol–water partition coefficient (Wildman–Crippen LogP) is 5.74. The van der Waals surface area contributed by atoms with E-state index >= 15 is 0 Å². The molecule has 0 atom stereocenters. The minimum absolute atomic E-state index is 0.0535. The standard InChI is InChI=1S/C20H34O3/c1-4-7-10-12-16-15-18(21)19(22)20(23-14-9-6-3)17(16)13-11-8-5-2/h15,21-22H,4-14H2,1-3H3. The summed E-state index contributed by atoms with van der Waals surface area (Å²) in [4.78, 5) is 0. The molecule has 0 spiro atoms. The van der Waals surface area contributed by atoms with Gasteiger partial charge in [0.25, 0.3) is 0 Å². The van der Waals surface area contributed by atoms with Gasteiger partial charge in [0.2, 0.25) is 5.75 Å². The fraction of sp³-hybridized carbons (Fsp3) is 0.700. The Kier molecular flexibility index (Phi) is 9.58. The number of aromatic hydroxyl groups is 2. The Bertz CT molecular complexity index is 455. The maximum Gasteiger partial charge on any atom is 0.200 e. The van der Waals surface area contributed by atoms with E-state index in [1.54, 1.807) is 6.07 Å². The van der Waals surface area contributed by atoms with E-state index in [4.69, 9.17) is 4.74 Å². The summed E-state index contributed by atoms with van der Waals surface area (Å²) in [6.07, 6.45) is 10.7. The second-order valence-electron chi connectivity index (χ2n) is 6.33. The van der Waals surface area contributed by atoms with E-state index < -0.39 is 0 Å². The van der Waals surface area contributed by atoms with Crippen molar-refractivity contribution in [2.75, 3.05) is 6.61 Å². The van der Waals surface area contributed by atoms with Crippen molar-refractivity contribution in [1.29, 1.82) is 0 Å². The van der Waals surface area contributed by atoms with Crippen LogP contribution in [0.25, 0.3) is 0 Å². The van der Waals surface area contributed by atoms with E-state index in [1.165, 1.54) is 25.7 Å². The minimum Gasteiger partial charge on any atom is -0.504 e. The van der Waals surface area contributed by atoms with Crippen LogP contribution in [0.4, 0.5) is 0 Å². The van der Waals surface area contributed by atoms with Crippen molar-refractivity contribution in [2.24, 2.45) is 0 Å². The third kappa shape index (κ3) is 6.32. The van der Waals surface area contributed by atoms with Gasteiger partial charge in [0.1, 0.15) is 0 Å². The molecule has 1 aromatic carbocycles. The van der Waals surface area contributed by atoms with Crippen LogP contribution in [0.2, 0.25) is 0 Å². The molecule has 23 heavy (non-hydrogen) atoms. The maximum absolute atomic E-state index is 10.3. The molecule has 0 aliphatic carbocycles. The third-order valence-electron chi connectivity index (χ3n) is 4.25. The molecule has 132 valence electrons. The Balaban J connectivity index is 3.03. The van der Waals surface area contributed by atoms with Crippen LogP contribution >= 0.6 is 0 Å². The normalized spacial score (nSPS) is 10.9. The van der Waals surface area contributed by atoms with E-state index in [-0.39, 0.29) is 11.5 Å². The number of hydrogen-bond acceptors (Lipinski definition) is 3. The van der Waals surface area contributed by atoms with Gasteiger partial charge in [-0.3, -0.25) is 0 Å². The first-order valence-corrected chi connectivity index (χ1v) is 9.35. The molecule has 0 radical (unpaired) electrons. The van der Waals surface area contributed by atoms with Crippen molar-refractivity contribution in [1.82, 2.24) is 0 Å². The average Bonchev–Trinajstić information content (AvgIpc) is 2.54. The van der Waals surface area contributed by atoms with Gasteiger partial charge in [-0.1, -0.05) is 52.9 Å². The SMILES string of the molecule is CCCCCc1cc(O)c(O)c(OCCCC)c1CCCCC. The summed E-state index contributed by atoms with van der Waals surface area (Å²) in [5.74, 6) is 0.370. The Morgan fingerprint density at radius 2 is 1.43 bits per heavy atom. The topological polar surface area (TPSA) is 49.7 Å². The van der Waals surface area contributed by atoms with Gasteiger partial charge in [0, 0.05) is 5.56 Å². The first-order valence-electron chi connectivity index (χ1n) is 9.35. The highest BCUT2D eigenvalue weighted by Gasteiger charge is 2.18. The van der Waals surface area contributed by atoms with Crippen LogP contribution in [0.1, 0.15) is 83.3 Å². The summed E-state index contributed by atoms with van der Waals surface area (Å²) in [5, 5.41) is 20.3. The Hall–Kier alpha value is -1.38. The molecule has 0 aliphatic rings. The highest BCUT2D eigenvalue weighted by molar-refractivity contribution is 5.58. The van der Waals surface area contributed by atoms with Gasteiger partial charge in [-0.2, -0.15) is 0 Å². The summed E-state index contributed by atoms with van der Waals surface area (Å²) in [5.41, 5.74) is 2.23. The van der Waals surface area contributed by atoms with E-state index in [2.05, 4.69) is 20.8 Å². The molecule has 0 amide bonds. The van der Waals surface area contributed by atoms with Crippen molar-refractivity contribution < 1.29 is 14.9 Å². The fourth-order valence-corrected chi connectivity index (χ4v) is 2.81. The van der Waals surface area contributed by atoms with Crippen molar-refractivity contribution in [3.05, 3.63) is 17.2 Å². The first-order chi connectivity index (χ1) is 11.2. The van der Waals surface area contributed by atoms with Crippen molar-refractivity contribution in [3.63, 3.8) is 0 Å². The molecule has 2 N–H and O–H groups in total. The number of phenols is 2. The van der Waals surface area contributed by atoms with Crippen LogP contribution < -0.4 is 4.74 Å². The van der Waals surface area contributed by atoms with Gasteiger partial charge in [-0.05, 0) is 43.7 Å². The molecule has 0 aliphatic heterocycles. The van der Waals surface area contributed by atoms with Crippen molar-refractivity contribution >= 4 is 0 Å². The largest absolute Gasteiger partial charge is 0.504 e. The molecule has 3 nitrogen and oxygen atoms in total. The third-order valence-corrected chi connectivity index (χ3v) is 4.25. The van der Waals surface area contributed by atoms with Crippen LogP contribution in [0.3, 0.4) is 0 Å². The Labute approximate surface area is 141 Å². The van der Waals surface area contributed by atoms with Crippen LogP contribution in [-0.2, 0) is 12.8 Å². The Morgan fingerprint density at radius 3 is 2.04 bits per heavy atom. The maximum atomic E-state index is 10.3. The smallest absolute Gasteiger partial charge is 0.200 e. The molecule has 0 saturated heterocycles. The lowest BCUT2D eigenvalue weighted by molar-refractivity contribution is 0.282. The number of unbranched alkanes of at least 4 members (excludes halogenated alkanes) is 5. The quantitative estimate of drug-likeness (QED) is 0.381. The lowest BCUT2D eigenvalue weighted by atomic mass is 9.95. The molecule has 0 bridgehead atoms. The lowest BCUT2D eigenvalue weighted by Crippen LogP contribution is -2.04. The molecular formula is C20H34O3. The van der Waals surface area contributed by atoms with Crippen molar-refractivity contribution in [3.8, 4) is 17.2 Å². The van der Waals surface area contributed by atoms with Crippen LogP contribution in [0, 0.1) is 0 Å². The minimum atomic E-state index is -0.0909. The summed E-state index contributed by atoms with van der Waals surface area (Å²) < 4.78 is 5.86.